The van der Waals surface area contributed by atoms with Gasteiger partial charge >= 0.3 is 0 Å². The zero-order chi connectivity index (χ0) is 9.94. The molecule has 2 nitrogen and oxygen atoms in total. The van der Waals surface area contributed by atoms with Crippen molar-refractivity contribution in [3.8, 4) is 0 Å². The van der Waals surface area contributed by atoms with Gasteiger partial charge in [-0.05, 0) is 12.8 Å². The minimum absolute atomic E-state index is 0.00154. The maximum Gasteiger partial charge on any atom is 0.0847 e. The minimum atomic E-state index is -0.00154. The Hall–Kier alpha value is -0.0800. The second-order valence-corrected chi connectivity index (χ2v) is 3.48. The Kier molecular flexibility index (Phi) is 9.94. The largest absolute Gasteiger partial charge is 0.378 e. The maximum absolute atomic E-state index is 10.4. The SMILES string of the molecule is CCCCCOC(CCC)CC[O]. The lowest BCUT2D eigenvalue weighted by atomic mass is 10.1. The molecule has 2 heteroatoms. The molecule has 79 valence electrons. The maximum atomic E-state index is 10.4. The molecule has 0 N–H and O–H groups in total. The average molecular weight is 187 g/mol. The third-order valence-electron chi connectivity index (χ3n) is 2.15. The van der Waals surface area contributed by atoms with Crippen LogP contribution in [0.5, 0.6) is 0 Å². The Morgan fingerprint density at radius 2 is 1.85 bits per heavy atom. The van der Waals surface area contributed by atoms with Crippen molar-refractivity contribution in [2.45, 2.75) is 58.5 Å². The molecule has 0 aliphatic rings. The van der Waals surface area contributed by atoms with E-state index in [-0.39, 0.29) is 12.7 Å². The van der Waals surface area contributed by atoms with Crippen LogP contribution in [0.3, 0.4) is 0 Å². The van der Waals surface area contributed by atoms with Crippen molar-refractivity contribution >= 4 is 0 Å². The molecule has 1 atom stereocenters. The second-order valence-electron chi connectivity index (χ2n) is 3.48. The first-order valence-electron chi connectivity index (χ1n) is 5.54. The molecule has 0 heterocycles. The summed E-state index contributed by atoms with van der Waals surface area (Å²) in [4.78, 5) is 0. The van der Waals surface area contributed by atoms with E-state index in [9.17, 15) is 5.11 Å². The summed E-state index contributed by atoms with van der Waals surface area (Å²) < 4.78 is 5.62. The van der Waals surface area contributed by atoms with Crippen LogP contribution >= 0.6 is 0 Å². The zero-order valence-electron chi connectivity index (χ0n) is 9.05. The summed E-state index contributed by atoms with van der Waals surface area (Å²) >= 11 is 0. The third-order valence-corrected chi connectivity index (χ3v) is 2.15. The van der Waals surface area contributed by atoms with Crippen LogP contribution in [0.1, 0.15) is 52.4 Å². The van der Waals surface area contributed by atoms with E-state index in [1.165, 1.54) is 12.8 Å². The molecular formula is C11H23O2. The third kappa shape index (κ3) is 8.26. The van der Waals surface area contributed by atoms with Gasteiger partial charge in [0.1, 0.15) is 0 Å². The molecule has 0 saturated carbocycles. The molecule has 0 spiro atoms. The van der Waals surface area contributed by atoms with Crippen LogP contribution in [-0.2, 0) is 9.84 Å². The molecule has 0 saturated heterocycles. The van der Waals surface area contributed by atoms with Crippen LogP contribution in [-0.4, -0.2) is 19.3 Å². The van der Waals surface area contributed by atoms with Crippen molar-refractivity contribution in [2.24, 2.45) is 0 Å². The Bertz CT molecular complexity index is 88.1. The van der Waals surface area contributed by atoms with Gasteiger partial charge in [-0.25, -0.2) is 5.11 Å². The van der Waals surface area contributed by atoms with Gasteiger partial charge in [-0.3, -0.25) is 0 Å². The average Bonchev–Trinajstić information content (AvgIpc) is 2.13. The number of ether oxygens (including phenoxy) is 1. The van der Waals surface area contributed by atoms with E-state index in [0.717, 1.165) is 25.9 Å². The molecular weight excluding hydrogens is 164 g/mol. The van der Waals surface area contributed by atoms with Crippen LogP contribution < -0.4 is 0 Å². The van der Waals surface area contributed by atoms with Gasteiger partial charge in [0.15, 0.2) is 0 Å². The Balaban J connectivity index is 3.33. The summed E-state index contributed by atoms with van der Waals surface area (Å²) in [7, 11) is 0. The van der Waals surface area contributed by atoms with Gasteiger partial charge in [0.2, 0.25) is 0 Å². The summed E-state index contributed by atoms with van der Waals surface area (Å²) in [6, 6.07) is 0. The van der Waals surface area contributed by atoms with Crippen LogP contribution in [0.4, 0.5) is 0 Å². The summed E-state index contributed by atoms with van der Waals surface area (Å²) in [6.45, 7) is 5.14. The molecule has 0 aromatic carbocycles. The predicted octanol–water partition coefficient (Wildman–Crippen LogP) is 3.18. The molecule has 0 aromatic rings. The molecule has 0 fully saturated rings. The first-order chi connectivity index (χ1) is 6.35. The van der Waals surface area contributed by atoms with E-state index in [1.807, 2.05) is 0 Å². The van der Waals surface area contributed by atoms with Crippen LogP contribution in [0.15, 0.2) is 0 Å². The van der Waals surface area contributed by atoms with Crippen molar-refractivity contribution in [1.29, 1.82) is 0 Å². The fourth-order valence-electron chi connectivity index (χ4n) is 1.37. The molecule has 0 amide bonds. The molecule has 13 heavy (non-hydrogen) atoms. The first kappa shape index (κ1) is 12.9. The Labute approximate surface area is 82.3 Å². The van der Waals surface area contributed by atoms with Crippen LogP contribution in [0.25, 0.3) is 0 Å². The molecule has 1 unspecified atom stereocenters. The predicted molar refractivity (Wildman–Crippen MR) is 54.3 cm³/mol. The van der Waals surface area contributed by atoms with E-state index in [0.29, 0.717) is 6.42 Å². The van der Waals surface area contributed by atoms with E-state index >= 15 is 0 Å². The highest BCUT2D eigenvalue weighted by molar-refractivity contribution is 4.56. The molecule has 0 rings (SSSR count). The first-order valence-corrected chi connectivity index (χ1v) is 5.54. The highest BCUT2D eigenvalue weighted by atomic mass is 16.5. The van der Waals surface area contributed by atoms with Crippen molar-refractivity contribution in [3.05, 3.63) is 0 Å². The van der Waals surface area contributed by atoms with Gasteiger partial charge in [0.25, 0.3) is 0 Å². The number of rotatable bonds is 9. The number of hydrogen-bond acceptors (Lipinski definition) is 1. The van der Waals surface area contributed by atoms with Gasteiger partial charge in [0.05, 0.1) is 12.7 Å². The topological polar surface area (TPSA) is 29.1 Å². The van der Waals surface area contributed by atoms with E-state index in [1.54, 1.807) is 0 Å². The van der Waals surface area contributed by atoms with Crippen LogP contribution in [0.2, 0.25) is 0 Å². The molecule has 0 aliphatic carbocycles. The van der Waals surface area contributed by atoms with Crippen molar-refractivity contribution in [3.63, 3.8) is 0 Å². The monoisotopic (exact) mass is 187 g/mol. The Morgan fingerprint density at radius 3 is 2.38 bits per heavy atom. The van der Waals surface area contributed by atoms with E-state index in [4.69, 9.17) is 4.74 Å². The van der Waals surface area contributed by atoms with Crippen molar-refractivity contribution in [1.82, 2.24) is 0 Å². The minimum Gasteiger partial charge on any atom is -0.378 e. The fourth-order valence-corrected chi connectivity index (χ4v) is 1.37. The summed E-state index contributed by atoms with van der Waals surface area (Å²) in [5.74, 6) is 0. The summed E-state index contributed by atoms with van der Waals surface area (Å²) in [5, 5.41) is 10.4. The van der Waals surface area contributed by atoms with Crippen LogP contribution in [0, 0.1) is 0 Å². The van der Waals surface area contributed by atoms with Crippen molar-refractivity contribution < 1.29 is 9.84 Å². The molecule has 0 bridgehead atoms. The quantitative estimate of drug-likeness (QED) is 0.510. The lowest BCUT2D eigenvalue weighted by Gasteiger charge is -2.15. The van der Waals surface area contributed by atoms with Gasteiger partial charge in [-0.2, -0.15) is 0 Å². The van der Waals surface area contributed by atoms with Gasteiger partial charge < -0.3 is 4.74 Å². The lowest BCUT2D eigenvalue weighted by molar-refractivity contribution is 0.0195. The summed E-state index contributed by atoms with van der Waals surface area (Å²) in [6.07, 6.45) is 6.64. The fraction of sp³-hybridized carbons (Fsp3) is 1.00. The zero-order valence-corrected chi connectivity index (χ0v) is 9.05. The molecule has 0 aromatic heterocycles. The number of unbranched alkanes of at least 4 members (excludes halogenated alkanes) is 2. The van der Waals surface area contributed by atoms with Gasteiger partial charge in [0, 0.05) is 13.0 Å². The second kappa shape index (κ2) is 10.0. The highest BCUT2D eigenvalue weighted by Gasteiger charge is 2.06. The summed E-state index contributed by atoms with van der Waals surface area (Å²) in [5.41, 5.74) is 0. The molecule has 1 radical (unpaired) electrons. The normalized spacial score (nSPS) is 13.2. The van der Waals surface area contributed by atoms with Gasteiger partial charge in [-0.15, -0.1) is 0 Å². The van der Waals surface area contributed by atoms with Crippen molar-refractivity contribution in [2.75, 3.05) is 13.2 Å². The standard InChI is InChI=1S/C11H23O2/c1-3-5-6-10-13-11(7-4-2)8-9-12/h11H,3-10H2,1-2H3. The smallest absolute Gasteiger partial charge is 0.0847 e. The van der Waals surface area contributed by atoms with Gasteiger partial charge in [-0.1, -0.05) is 33.1 Å². The van der Waals surface area contributed by atoms with E-state index < -0.39 is 0 Å². The van der Waals surface area contributed by atoms with E-state index in [2.05, 4.69) is 13.8 Å². The highest BCUT2D eigenvalue weighted by Crippen LogP contribution is 2.07. The number of hydrogen-bond donors (Lipinski definition) is 0. The molecule has 0 aliphatic heterocycles. The lowest BCUT2D eigenvalue weighted by Crippen LogP contribution is -2.14. The Morgan fingerprint density at radius 1 is 1.08 bits per heavy atom.